The predicted molar refractivity (Wildman–Crippen MR) is 82.0 cm³/mol. The second kappa shape index (κ2) is 6.08. The first-order chi connectivity index (χ1) is 9.38. The number of ketones is 1. The Bertz CT molecular complexity index is 739. The summed E-state index contributed by atoms with van der Waals surface area (Å²) in [5, 5.41) is 0.497. The highest BCUT2D eigenvalue weighted by Gasteiger charge is 2.20. The first-order valence-corrected chi connectivity index (χ1v) is 8.48. The van der Waals surface area contributed by atoms with Gasteiger partial charge in [0, 0.05) is 15.1 Å². The van der Waals surface area contributed by atoms with Gasteiger partial charge in [0.15, 0.2) is 15.6 Å². The van der Waals surface area contributed by atoms with Crippen molar-refractivity contribution in [2.24, 2.45) is 0 Å². The Morgan fingerprint density at radius 2 is 1.75 bits per heavy atom. The largest absolute Gasteiger partial charge is 0.293 e. The molecule has 0 radical (unpaired) electrons. The Kier molecular flexibility index (Phi) is 4.62. The third-order valence-corrected chi connectivity index (χ3v) is 5.00. The van der Waals surface area contributed by atoms with E-state index in [9.17, 15) is 13.2 Å². The van der Waals surface area contributed by atoms with Crippen LogP contribution in [0.2, 0.25) is 5.02 Å². The zero-order chi connectivity index (χ0) is 14.8. The summed E-state index contributed by atoms with van der Waals surface area (Å²) < 4.78 is 25.0. The number of halogens is 2. The lowest BCUT2D eigenvalue weighted by Gasteiger charge is -2.05. The van der Waals surface area contributed by atoms with Gasteiger partial charge in [0.05, 0.1) is 4.90 Å². The molecular formula is C14H10BrClO3S. The Morgan fingerprint density at radius 3 is 2.35 bits per heavy atom. The molecule has 0 spiro atoms. The topological polar surface area (TPSA) is 51.2 Å². The smallest absolute Gasteiger partial charge is 0.185 e. The predicted octanol–water partition coefficient (Wildman–Crippen LogP) is 3.76. The molecule has 2 rings (SSSR count). The second-order valence-corrected chi connectivity index (χ2v) is 7.49. The number of Topliss-reactive ketones (excluding diaryl/α,β-unsaturated/α-hetero) is 1. The lowest BCUT2D eigenvalue weighted by Crippen LogP contribution is -2.16. The number of carbonyl (C=O) groups excluding carboxylic acids is 1. The van der Waals surface area contributed by atoms with E-state index in [1.54, 1.807) is 24.3 Å². The molecule has 0 atom stereocenters. The molecule has 0 aliphatic heterocycles. The molecule has 0 unspecified atom stereocenters. The van der Waals surface area contributed by atoms with E-state index < -0.39 is 21.4 Å². The maximum atomic E-state index is 12.2. The van der Waals surface area contributed by atoms with Crippen molar-refractivity contribution in [1.29, 1.82) is 0 Å². The van der Waals surface area contributed by atoms with Crippen molar-refractivity contribution >= 4 is 43.2 Å². The van der Waals surface area contributed by atoms with E-state index in [1.807, 2.05) is 0 Å². The third-order valence-electron chi connectivity index (χ3n) is 2.64. The summed E-state index contributed by atoms with van der Waals surface area (Å²) in [4.78, 5) is 12.1. The van der Waals surface area contributed by atoms with Crippen molar-refractivity contribution in [3.8, 4) is 0 Å². The van der Waals surface area contributed by atoms with Crippen LogP contribution < -0.4 is 0 Å². The van der Waals surface area contributed by atoms with Gasteiger partial charge in [-0.05, 0) is 42.5 Å². The molecule has 0 N–H and O–H groups in total. The minimum atomic E-state index is -3.65. The van der Waals surface area contributed by atoms with Crippen LogP contribution in [0.15, 0.2) is 57.9 Å². The molecule has 3 nitrogen and oxygen atoms in total. The van der Waals surface area contributed by atoms with E-state index >= 15 is 0 Å². The Balaban J connectivity index is 2.24. The van der Waals surface area contributed by atoms with Gasteiger partial charge in [-0.25, -0.2) is 8.42 Å². The number of hydrogen-bond acceptors (Lipinski definition) is 3. The van der Waals surface area contributed by atoms with E-state index in [-0.39, 0.29) is 4.90 Å². The zero-order valence-corrected chi connectivity index (χ0v) is 13.4. The molecule has 0 aliphatic rings. The molecule has 0 aliphatic carbocycles. The molecule has 2 aromatic rings. The van der Waals surface area contributed by atoms with Crippen LogP contribution in [0.1, 0.15) is 10.4 Å². The summed E-state index contributed by atoms with van der Waals surface area (Å²) >= 11 is 8.94. The molecule has 2 aromatic carbocycles. The quantitative estimate of drug-likeness (QED) is 0.767. The number of carbonyl (C=O) groups is 1. The minimum Gasteiger partial charge on any atom is -0.293 e. The van der Waals surface area contributed by atoms with E-state index in [0.29, 0.717) is 15.1 Å². The Morgan fingerprint density at radius 1 is 1.10 bits per heavy atom. The van der Waals surface area contributed by atoms with Gasteiger partial charge < -0.3 is 0 Å². The van der Waals surface area contributed by atoms with Crippen molar-refractivity contribution in [2.75, 3.05) is 5.75 Å². The number of rotatable bonds is 4. The van der Waals surface area contributed by atoms with Gasteiger partial charge in [-0.1, -0.05) is 33.6 Å². The minimum absolute atomic E-state index is 0.120. The summed E-state index contributed by atoms with van der Waals surface area (Å²) in [6.07, 6.45) is 0. The Labute approximate surface area is 130 Å². The molecule has 0 fully saturated rings. The van der Waals surface area contributed by atoms with Crippen molar-refractivity contribution in [3.63, 3.8) is 0 Å². The van der Waals surface area contributed by atoms with Crippen LogP contribution in [0.5, 0.6) is 0 Å². The second-order valence-electron chi connectivity index (χ2n) is 4.15. The fourth-order valence-corrected chi connectivity index (χ4v) is 3.58. The van der Waals surface area contributed by atoms with Gasteiger partial charge >= 0.3 is 0 Å². The molecule has 0 aromatic heterocycles. The fourth-order valence-electron chi connectivity index (χ4n) is 1.64. The molecule has 6 heteroatoms. The van der Waals surface area contributed by atoms with Crippen molar-refractivity contribution in [3.05, 3.63) is 63.6 Å². The van der Waals surface area contributed by atoms with Gasteiger partial charge in [0.2, 0.25) is 0 Å². The highest BCUT2D eigenvalue weighted by Crippen LogP contribution is 2.18. The summed E-state index contributed by atoms with van der Waals surface area (Å²) in [5.41, 5.74) is 0.327. The molecule has 104 valence electrons. The fraction of sp³-hybridized carbons (Fsp3) is 0.0714. The Hall–Kier alpha value is -1.17. The monoisotopic (exact) mass is 372 g/mol. The van der Waals surface area contributed by atoms with Crippen molar-refractivity contribution in [2.45, 2.75) is 4.90 Å². The van der Waals surface area contributed by atoms with Crippen molar-refractivity contribution in [1.82, 2.24) is 0 Å². The molecule has 0 bridgehead atoms. The zero-order valence-electron chi connectivity index (χ0n) is 10.2. The molecule has 0 amide bonds. The number of hydrogen-bond donors (Lipinski definition) is 0. The average Bonchev–Trinajstić information content (AvgIpc) is 2.39. The maximum absolute atomic E-state index is 12.2. The van der Waals surface area contributed by atoms with Crippen LogP contribution in [0, 0.1) is 0 Å². The van der Waals surface area contributed by atoms with Crippen molar-refractivity contribution < 1.29 is 13.2 Å². The summed E-state index contributed by atoms with van der Waals surface area (Å²) in [6.45, 7) is 0. The van der Waals surface area contributed by atoms with Crippen LogP contribution >= 0.6 is 27.5 Å². The van der Waals surface area contributed by atoms with E-state index in [4.69, 9.17) is 11.6 Å². The van der Waals surface area contributed by atoms with Crippen LogP contribution in [-0.4, -0.2) is 20.0 Å². The molecule has 0 saturated heterocycles. The lowest BCUT2D eigenvalue weighted by molar-refractivity contribution is 0.102. The summed E-state index contributed by atoms with van der Waals surface area (Å²) in [6, 6.07) is 12.4. The molecule has 0 saturated carbocycles. The van der Waals surface area contributed by atoms with Gasteiger partial charge in [-0.3, -0.25) is 4.79 Å². The molecule has 0 heterocycles. The summed E-state index contributed by atoms with van der Waals surface area (Å²) in [5.74, 6) is -1.02. The first kappa shape index (κ1) is 15.2. The molecule has 20 heavy (non-hydrogen) atoms. The lowest BCUT2D eigenvalue weighted by atomic mass is 10.1. The first-order valence-electron chi connectivity index (χ1n) is 5.65. The van der Waals surface area contributed by atoms with Gasteiger partial charge in [0.25, 0.3) is 0 Å². The molecular weight excluding hydrogens is 364 g/mol. The third kappa shape index (κ3) is 3.69. The van der Waals surface area contributed by atoms with Crippen LogP contribution in [0.3, 0.4) is 0 Å². The van der Waals surface area contributed by atoms with Crippen LogP contribution in [-0.2, 0) is 9.84 Å². The van der Waals surface area contributed by atoms with Gasteiger partial charge in [0.1, 0.15) is 5.75 Å². The normalized spacial score (nSPS) is 11.3. The standard InChI is InChI=1S/C14H10BrClO3S/c15-11-2-1-3-13(8-11)20(18,19)9-14(17)10-4-6-12(16)7-5-10/h1-8H,9H2. The highest BCUT2D eigenvalue weighted by atomic mass is 79.9. The maximum Gasteiger partial charge on any atom is 0.185 e. The van der Waals surface area contributed by atoms with Gasteiger partial charge in [-0.2, -0.15) is 0 Å². The highest BCUT2D eigenvalue weighted by molar-refractivity contribution is 9.10. The summed E-state index contributed by atoms with van der Waals surface area (Å²) in [7, 11) is -3.65. The van der Waals surface area contributed by atoms with Gasteiger partial charge in [-0.15, -0.1) is 0 Å². The SMILES string of the molecule is O=C(CS(=O)(=O)c1cccc(Br)c1)c1ccc(Cl)cc1. The van der Waals surface area contributed by atoms with Crippen LogP contribution in [0.4, 0.5) is 0 Å². The number of sulfone groups is 1. The van der Waals surface area contributed by atoms with Crippen LogP contribution in [0.25, 0.3) is 0 Å². The average molecular weight is 374 g/mol. The van der Waals surface area contributed by atoms with E-state index in [1.165, 1.54) is 24.3 Å². The van der Waals surface area contributed by atoms with E-state index in [2.05, 4.69) is 15.9 Å². The number of benzene rings is 2. The van der Waals surface area contributed by atoms with E-state index in [0.717, 1.165) is 0 Å².